The predicted molar refractivity (Wildman–Crippen MR) is 79.6 cm³/mol. The van der Waals surface area contributed by atoms with E-state index in [2.05, 4.69) is 15.9 Å². The molecule has 1 aromatic heterocycles. The Kier molecular flexibility index (Phi) is 3.58. The highest BCUT2D eigenvalue weighted by molar-refractivity contribution is 9.09. The molecule has 5 heteroatoms. The summed E-state index contributed by atoms with van der Waals surface area (Å²) in [5, 5.41) is 0.933. The summed E-state index contributed by atoms with van der Waals surface area (Å²) in [6, 6.07) is 6.50. The lowest BCUT2D eigenvalue weighted by Gasteiger charge is -2.29. The van der Waals surface area contributed by atoms with Gasteiger partial charge in [-0.3, -0.25) is 4.79 Å². The molecule has 0 saturated carbocycles. The number of piperidine rings is 1. The highest BCUT2D eigenvalue weighted by Gasteiger charge is 2.24. The summed E-state index contributed by atoms with van der Waals surface area (Å²) in [7, 11) is 0. The Balaban J connectivity index is 1.88. The zero-order valence-corrected chi connectivity index (χ0v) is 12.6. The molecular formula is C14H13BrFNOS. The molecule has 1 atom stereocenters. The first-order valence-electron chi connectivity index (χ1n) is 6.26. The fourth-order valence-electron chi connectivity index (χ4n) is 2.38. The maximum atomic E-state index is 13.2. The third kappa shape index (κ3) is 2.67. The number of carbonyl (C=O) groups is 1. The molecule has 0 aliphatic carbocycles. The lowest BCUT2D eigenvalue weighted by atomic mass is 10.1. The first-order valence-corrected chi connectivity index (χ1v) is 7.99. The Labute approximate surface area is 123 Å². The number of nitrogens with zero attached hydrogens (tertiary/aromatic N) is 1. The van der Waals surface area contributed by atoms with Gasteiger partial charge in [0.25, 0.3) is 5.91 Å². The summed E-state index contributed by atoms with van der Waals surface area (Å²) < 4.78 is 14.0. The van der Waals surface area contributed by atoms with Crippen molar-refractivity contribution in [1.82, 2.24) is 4.90 Å². The van der Waals surface area contributed by atoms with E-state index in [1.165, 1.54) is 23.5 Å². The smallest absolute Gasteiger partial charge is 0.263 e. The molecule has 2 aromatic rings. The Bertz CT molecular complexity index is 627. The molecule has 0 bridgehead atoms. The van der Waals surface area contributed by atoms with E-state index >= 15 is 0 Å². The van der Waals surface area contributed by atoms with Crippen LogP contribution in [0.1, 0.15) is 22.5 Å². The van der Waals surface area contributed by atoms with Gasteiger partial charge >= 0.3 is 0 Å². The van der Waals surface area contributed by atoms with Crippen LogP contribution in [0.15, 0.2) is 24.3 Å². The van der Waals surface area contributed by atoms with Gasteiger partial charge in [0.05, 0.1) is 4.88 Å². The first kappa shape index (κ1) is 13.1. The number of carbonyl (C=O) groups excluding carboxylic acids is 1. The van der Waals surface area contributed by atoms with E-state index in [1.54, 1.807) is 6.07 Å². The Morgan fingerprint density at radius 3 is 3.05 bits per heavy atom. The van der Waals surface area contributed by atoms with Crippen LogP contribution in [0, 0.1) is 5.82 Å². The van der Waals surface area contributed by atoms with Crippen molar-refractivity contribution in [3.63, 3.8) is 0 Å². The average molecular weight is 342 g/mol. The van der Waals surface area contributed by atoms with Crippen molar-refractivity contribution in [3.05, 3.63) is 35.0 Å². The standard InChI is InChI=1S/C14H13BrFNOS/c15-10-2-1-5-17(8-10)14(18)13-6-9-3-4-11(16)7-12(9)19-13/h3-4,6-7,10H,1-2,5,8H2. The molecule has 1 aliphatic heterocycles. The van der Waals surface area contributed by atoms with Crippen molar-refractivity contribution >= 4 is 43.3 Å². The molecule has 19 heavy (non-hydrogen) atoms. The molecular weight excluding hydrogens is 329 g/mol. The van der Waals surface area contributed by atoms with Crippen molar-refractivity contribution in [2.24, 2.45) is 0 Å². The summed E-state index contributed by atoms with van der Waals surface area (Å²) in [5.74, 6) is -0.197. The largest absolute Gasteiger partial charge is 0.337 e. The Hall–Kier alpha value is -0.940. The van der Waals surface area contributed by atoms with E-state index in [9.17, 15) is 9.18 Å². The third-order valence-electron chi connectivity index (χ3n) is 3.34. The van der Waals surface area contributed by atoms with Crippen LogP contribution in [0.25, 0.3) is 10.1 Å². The van der Waals surface area contributed by atoms with Crippen LogP contribution in [0.3, 0.4) is 0 Å². The number of hydrogen-bond donors (Lipinski definition) is 0. The van der Waals surface area contributed by atoms with Crippen molar-refractivity contribution in [2.75, 3.05) is 13.1 Å². The van der Waals surface area contributed by atoms with Crippen LogP contribution >= 0.6 is 27.3 Å². The first-order chi connectivity index (χ1) is 9.13. The normalized spacial score (nSPS) is 19.9. The number of alkyl halides is 1. The minimum atomic E-state index is -0.258. The van der Waals surface area contributed by atoms with Gasteiger partial charge in [0.1, 0.15) is 5.82 Å². The minimum absolute atomic E-state index is 0.0609. The van der Waals surface area contributed by atoms with E-state index < -0.39 is 0 Å². The summed E-state index contributed by atoms with van der Waals surface area (Å²) in [4.78, 5) is 15.4. The van der Waals surface area contributed by atoms with Crippen molar-refractivity contribution in [3.8, 4) is 0 Å². The predicted octanol–water partition coefficient (Wildman–Crippen LogP) is 4.04. The van der Waals surface area contributed by atoms with Gasteiger partial charge in [0.2, 0.25) is 0 Å². The average Bonchev–Trinajstić information content (AvgIpc) is 2.80. The number of fused-ring (bicyclic) bond motifs is 1. The number of thiophene rings is 1. The van der Waals surface area contributed by atoms with E-state index in [-0.39, 0.29) is 11.7 Å². The Morgan fingerprint density at radius 2 is 2.26 bits per heavy atom. The topological polar surface area (TPSA) is 20.3 Å². The van der Waals surface area contributed by atoms with Gasteiger partial charge < -0.3 is 4.90 Å². The van der Waals surface area contributed by atoms with Crippen LogP contribution in [0.4, 0.5) is 4.39 Å². The number of benzene rings is 1. The maximum Gasteiger partial charge on any atom is 0.263 e. The van der Waals surface area contributed by atoms with E-state index in [4.69, 9.17) is 0 Å². The van der Waals surface area contributed by atoms with Gasteiger partial charge in [-0.25, -0.2) is 4.39 Å². The second-order valence-corrected chi connectivity index (χ2v) is 7.16. The summed E-state index contributed by atoms with van der Waals surface area (Å²) in [6.45, 7) is 1.56. The monoisotopic (exact) mass is 341 g/mol. The van der Waals surface area contributed by atoms with E-state index in [0.717, 1.165) is 36.0 Å². The van der Waals surface area contributed by atoms with Crippen LogP contribution in [-0.2, 0) is 0 Å². The molecule has 1 saturated heterocycles. The van der Waals surface area contributed by atoms with Gasteiger partial charge in [-0.05, 0) is 36.4 Å². The van der Waals surface area contributed by atoms with E-state index in [0.29, 0.717) is 9.70 Å². The zero-order chi connectivity index (χ0) is 13.4. The summed E-state index contributed by atoms with van der Waals surface area (Å²) >= 11 is 4.94. The lowest BCUT2D eigenvalue weighted by Crippen LogP contribution is -2.39. The fraction of sp³-hybridized carbons (Fsp3) is 0.357. The molecule has 2 heterocycles. The molecule has 2 nitrogen and oxygen atoms in total. The van der Waals surface area contributed by atoms with Crippen molar-refractivity contribution in [2.45, 2.75) is 17.7 Å². The summed E-state index contributed by atoms with van der Waals surface area (Å²) in [6.07, 6.45) is 2.14. The van der Waals surface area contributed by atoms with Gasteiger partial charge in [0.15, 0.2) is 0 Å². The highest BCUT2D eigenvalue weighted by Crippen LogP contribution is 2.28. The number of halogens is 2. The lowest BCUT2D eigenvalue weighted by molar-refractivity contribution is 0.0735. The summed E-state index contributed by atoms with van der Waals surface area (Å²) in [5.41, 5.74) is 0. The fourth-order valence-corrected chi connectivity index (χ4v) is 4.10. The number of amides is 1. The van der Waals surface area contributed by atoms with Gasteiger partial charge in [-0.15, -0.1) is 11.3 Å². The quantitative estimate of drug-likeness (QED) is 0.717. The second-order valence-electron chi connectivity index (χ2n) is 4.78. The van der Waals surface area contributed by atoms with Gasteiger partial charge in [0, 0.05) is 22.6 Å². The molecule has 0 radical (unpaired) electrons. The Morgan fingerprint density at radius 1 is 1.42 bits per heavy atom. The molecule has 1 unspecified atom stereocenters. The van der Waals surface area contributed by atoms with E-state index in [1.807, 2.05) is 11.0 Å². The molecule has 0 N–H and O–H groups in total. The second kappa shape index (κ2) is 5.21. The van der Waals surface area contributed by atoms with Crippen LogP contribution in [0.5, 0.6) is 0 Å². The third-order valence-corrected chi connectivity index (χ3v) is 5.18. The number of likely N-dealkylation sites (tertiary alicyclic amines) is 1. The molecule has 1 aromatic carbocycles. The van der Waals surface area contributed by atoms with Crippen LogP contribution in [0.2, 0.25) is 0 Å². The van der Waals surface area contributed by atoms with Crippen molar-refractivity contribution in [1.29, 1.82) is 0 Å². The molecule has 1 amide bonds. The van der Waals surface area contributed by atoms with Crippen molar-refractivity contribution < 1.29 is 9.18 Å². The molecule has 0 spiro atoms. The zero-order valence-electron chi connectivity index (χ0n) is 10.2. The van der Waals surface area contributed by atoms with Gasteiger partial charge in [-0.2, -0.15) is 0 Å². The maximum absolute atomic E-state index is 13.2. The minimum Gasteiger partial charge on any atom is -0.337 e. The SMILES string of the molecule is O=C(c1cc2ccc(F)cc2s1)N1CCCC(Br)C1. The number of rotatable bonds is 1. The van der Waals surface area contributed by atoms with Crippen LogP contribution in [-0.4, -0.2) is 28.7 Å². The highest BCUT2D eigenvalue weighted by atomic mass is 79.9. The van der Waals surface area contributed by atoms with Gasteiger partial charge in [-0.1, -0.05) is 22.0 Å². The molecule has 1 fully saturated rings. The number of hydrogen-bond acceptors (Lipinski definition) is 2. The molecule has 100 valence electrons. The van der Waals surface area contributed by atoms with Crippen LogP contribution < -0.4 is 0 Å². The molecule has 3 rings (SSSR count). The molecule has 1 aliphatic rings.